The highest BCUT2D eigenvalue weighted by Gasteiger charge is 2.32. The molecule has 2 atom stereocenters. The van der Waals surface area contributed by atoms with Gasteiger partial charge >= 0.3 is 0 Å². The summed E-state index contributed by atoms with van der Waals surface area (Å²) in [6.45, 7) is 0. The second-order valence-electron chi connectivity index (χ2n) is 6.16. The molecule has 0 radical (unpaired) electrons. The van der Waals surface area contributed by atoms with E-state index in [0.717, 1.165) is 11.9 Å². The quantitative estimate of drug-likeness (QED) is 0.671. The Labute approximate surface area is 151 Å². The van der Waals surface area contributed by atoms with Crippen LogP contribution in [0, 0.1) is 5.82 Å². The van der Waals surface area contributed by atoms with E-state index in [9.17, 15) is 9.18 Å². The number of aromatic nitrogens is 1. The molecular formula is C19H19ClFN3O. The van der Waals surface area contributed by atoms with E-state index in [0.29, 0.717) is 11.1 Å². The van der Waals surface area contributed by atoms with Crippen LogP contribution in [-0.2, 0) is 6.42 Å². The third kappa shape index (κ3) is 3.13. The molecule has 6 heteroatoms. The third-order valence-electron chi connectivity index (χ3n) is 4.69. The molecule has 1 aromatic heterocycles. The first kappa shape index (κ1) is 17.5. The Morgan fingerprint density at radius 3 is 2.80 bits per heavy atom. The summed E-state index contributed by atoms with van der Waals surface area (Å²) >= 11 is 0. The lowest BCUT2D eigenvalue weighted by molar-refractivity contribution is 0.0926. The molecule has 0 fully saturated rings. The van der Waals surface area contributed by atoms with Gasteiger partial charge in [0.15, 0.2) is 0 Å². The molecule has 130 valence electrons. The van der Waals surface area contributed by atoms with Crippen LogP contribution in [0.2, 0.25) is 0 Å². The number of carbonyl (C=O) groups excluding carboxylic acids is 1. The van der Waals surface area contributed by atoms with E-state index in [2.05, 4.69) is 27.8 Å². The monoisotopic (exact) mass is 359 g/mol. The van der Waals surface area contributed by atoms with E-state index in [4.69, 9.17) is 0 Å². The number of hydrogen-bond donors (Lipinski definition) is 3. The minimum absolute atomic E-state index is 0. The summed E-state index contributed by atoms with van der Waals surface area (Å²) in [4.78, 5) is 15.7. The SMILES string of the molecule is CN[C@@H]1c2ccccc2C[C@H]1NC(=O)c1cc2cc(F)ccc2[nH]1.Cl. The highest BCUT2D eigenvalue weighted by atomic mass is 35.5. The zero-order chi connectivity index (χ0) is 16.7. The molecule has 3 N–H and O–H groups in total. The minimum Gasteiger partial charge on any atom is -0.351 e. The molecule has 4 rings (SSSR count). The highest BCUT2D eigenvalue weighted by molar-refractivity contribution is 5.98. The molecule has 1 aliphatic carbocycles. The molecule has 1 aliphatic rings. The van der Waals surface area contributed by atoms with Gasteiger partial charge in [0.05, 0.1) is 12.1 Å². The molecule has 2 aromatic carbocycles. The molecule has 4 nitrogen and oxygen atoms in total. The zero-order valence-electron chi connectivity index (χ0n) is 13.7. The zero-order valence-corrected chi connectivity index (χ0v) is 14.5. The first-order valence-electron chi connectivity index (χ1n) is 8.00. The Morgan fingerprint density at radius 2 is 2.00 bits per heavy atom. The van der Waals surface area contributed by atoms with Crippen LogP contribution in [0.1, 0.15) is 27.7 Å². The standard InChI is InChI=1S/C19H18FN3O.ClH/c1-21-18-14-5-3-2-4-11(14)9-16(18)23-19(24)17-10-12-8-13(20)6-7-15(12)22-17;/h2-8,10,16,18,21-22H,9H2,1H3,(H,23,24);1H/t16-,18-;/m1./s1. The fraction of sp³-hybridized carbons (Fsp3) is 0.211. The number of amides is 1. The fourth-order valence-electron chi connectivity index (χ4n) is 3.56. The van der Waals surface area contributed by atoms with Crippen molar-refractivity contribution in [3.05, 3.63) is 71.2 Å². The van der Waals surface area contributed by atoms with Crippen LogP contribution in [0.15, 0.2) is 48.5 Å². The smallest absolute Gasteiger partial charge is 0.268 e. The molecule has 1 heterocycles. The first-order valence-corrected chi connectivity index (χ1v) is 8.00. The van der Waals surface area contributed by atoms with Gasteiger partial charge in [-0.15, -0.1) is 12.4 Å². The number of likely N-dealkylation sites (N-methyl/N-ethyl adjacent to an activating group) is 1. The minimum atomic E-state index is -0.310. The summed E-state index contributed by atoms with van der Waals surface area (Å²) in [7, 11) is 1.90. The molecule has 0 spiro atoms. The van der Waals surface area contributed by atoms with Crippen molar-refractivity contribution >= 4 is 29.2 Å². The molecule has 0 unspecified atom stereocenters. The van der Waals surface area contributed by atoms with Crippen molar-refractivity contribution < 1.29 is 9.18 Å². The second kappa shape index (κ2) is 6.86. The average Bonchev–Trinajstić information content (AvgIpc) is 3.14. The number of hydrogen-bond acceptors (Lipinski definition) is 2. The Bertz CT molecular complexity index is 924. The van der Waals surface area contributed by atoms with Crippen molar-refractivity contribution in [1.82, 2.24) is 15.6 Å². The van der Waals surface area contributed by atoms with Gasteiger partial charge < -0.3 is 15.6 Å². The van der Waals surface area contributed by atoms with Gasteiger partial charge in [0.2, 0.25) is 0 Å². The van der Waals surface area contributed by atoms with Gasteiger partial charge in [0.1, 0.15) is 11.5 Å². The summed E-state index contributed by atoms with van der Waals surface area (Å²) in [6, 6.07) is 14.4. The van der Waals surface area contributed by atoms with E-state index >= 15 is 0 Å². The maximum Gasteiger partial charge on any atom is 0.268 e. The van der Waals surface area contributed by atoms with Crippen LogP contribution in [0.3, 0.4) is 0 Å². The lowest BCUT2D eigenvalue weighted by Crippen LogP contribution is -2.41. The molecule has 3 aromatic rings. The maximum absolute atomic E-state index is 13.3. The van der Waals surface area contributed by atoms with Gasteiger partial charge in [0, 0.05) is 10.9 Å². The van der Waals surface area contributed by atoms with Crippen LogP contribution >= 0.6 is 12.4 Å². The number of rotatable bonds is 3. The second-order valence-corrected chi connectivity index (χ2v) is 6.16. The number of nitrogens with one attached hydrogen (secondary N) is 3. The molecule has 0 saturated carbocycles. The van der Waals surface area contributed by atoms with Crippen molar-refractivity contribution in [2.24, 2.45) is 0 Å². The predicted molar refractivity (Wildman–Crippen MR) is 98.7 cm³/mol. The fourth-order valence-corrected chi connectivity index (χ4v) is 3.56. The number of H-pyrrole nitrogens is 1. The molecule has 25 heavy (non-hydrogen) atoms. The maximum atomic E-state index is 13.3. The van der Waals surface area contributed by atoms with E-state index in [1.165, 1.54) is 23.3 Å². The van der Waals surface area contributed by atoms with Crippen LogP contribution in [0.4, 0.5) is 4.39 Å². The van der Waals surface area contributed by atoms with Crippen LogP contribution < -0.4 is 10.6 Å². The van der Waals surface area contributed by atoms with Crippen molar-refractivity contribution in [1.29, 1.82) is 0 Å². The predicted octanol–water partition coefficient (Wildman–Crippen LogP) is 3.34. The van der Waals surface area contributed by atoms with Crippen molar-refractivity contribution in [3.8, 4) is 0 Å². The summed E-state index contributed by atoms with van der Waals surface area (Å²) in [5, 5.41) is 7.07. The normalized spacial score (nSPS) is 18.6. The van der Waals surface area contributed by atoms with Crippen LogP contribution in [-0.4, -0.2) is 24.0 Å². The van der Waals surface area contributed by atoms with E-state index < -0.39 is 0 Å². The van der Waals surface area contributed by atoms with Gasteiger partial charge in [-0.1, -0.05) is 24.3 Å². The van der Waals surface area contributed by atoms with E-state index in [-0.39, 0.29) is 36.2 Å². The molecule has 0 bridgehead atoms. The van der Waals surface area contributed by atoms with E-state index in [1.54, 1.807) is 12.1 Å². The lowest BCUT2D eigenvalue weighted by Gasteiger charge is -2.21. The number of carbonyl (C=O) groups is 1. The topological polar surface area (TPSA) is 56.9 Å². The van der Waals surface area contributed by atoms with Gasteiger partial charge in [-0.25, -0.2) is 4.39 Å². The number of benzene rings is 2. The van der Waals surface area contributed by atoms with E-state index in [1.807, 2.05) is 19.2 Å². The molecule has 0 aliphatic heterocycles. The van der Waals surface area contributed by atoms with Gasteiger partial charge in [-0.3, -0.25) is 4.79 Å². The third-order valence-corrected chi connectivity index (χ3v) is 4.69. The summed E-state index contributed by atoms with van der Waals surface area (Å²) < 4.78 is 13.3. The van der Waals surface area contributed by atoms with Gasteiger partial charge in [0.25, 0.3) is 5.91 Å². The largest absolute Gasteiger partial charge is 0.351 e. The average molecular weight is 360 g/mol. The number of fused-ring (bicyclic) bond motifs is 2. The van der Waals surface area contributed by atoms with Crippen molar-refractivity contribution in [2.75, 3.05) is 7.05 Å². The van der Waals surface area contributed by atoms with Crippen LogP contribution in [0.25, 0.3) is 10.9 Å². The van der Waals surface area contributed by atoms with Crippen LogP contribution in [0.5, 0.6) is 0 Å². The summed E-state index contributed by atoms with van der Waals surface area (Å²) in [6.07, 6.45) is 0.794. The lowest BCUT2D eigenvalue weighted by atomic mass is 10.1. The van der Waals surface area contributed by atoms with Gasteiger partial charge in [-0.05, 0) is 48.9 Å². The number of halogens is 2. The Morgan fingerprint density at radius 1 is 1.20 bits per heavy atom. The number of aromatic amines is 1. The Balaban J connectivity index is 0.00000182. The molecule has 1 amide bonds. The summed E-state index contributed by atoms with van der Waals surface area (Å²) in [5.74, 6) is -0.486. The van der Waals surface area contributed by atoms with Gasteiger partial charge in [-0.2, -0.15) is 0 Å². The first-order chi connectivity index (χ1) is 11.7. The molecular weight excluding hydrogens is 341 g/mol. The van der Waals surface area contributed by atoms with Crippen molar-refractivity contribution in [2.45, 2.75) is 18.5 Å². The Hall–Kier alpha value is -2.37. The summed E-state index contributed by atoms with van der Waals surface area (Å²) in [5.41, 5.74) is 3.67. The molecule has 0 saturated heterocycles. The highest BCUT2D eigenvalue weighted by Crippen LogP contribution is 2.31. The van der Waals surface area contributed by atoms with Crippen molar-refractivity contribution in [3.63, 3.8) is 0 Å². The Kier molecular flexibility index (Phi) is 4.79.